The Labute approximate surface area is 113 Å². The minimum Gasteiger partial charge on any atom is -0.693 e. The molecule has 0 aliphatic carbocycles. The number of carbonyl (C=O) groups excluding carboxylic acids is 2. The van der Waals surface area contributed by atoms with Gasteiger partial charge >= 0.3 is 28.7 Å². The normalized spacial score (nSPS) is 5.76. The Morgan fingerprint density at radius 3 is 0.941 bits per heavy atom. The van der Waals surface area contributed by atoms with Crippen LogP contribution in [0, 0.1) is 0 Å². The second-order valence-corrected chi connectivity index (χ2v) is 2.35. The summed E-state index contributed by atoms with van der Waals surface area (Å²) in [6.07, 6.45) is 2.39. The fraction of sp³-hybridized carbons (Fsp3) is 0.750. The summed E-state index contributed by atoms with van der Waals surface area (Å²) in [5, 5.41) is 12.7. The molecule has 0 aromatic carbocycles. The van der Waals surface area contributed by atoms with E-state index in [1.54, 1.807) is 0 Å². The zero-order valence-corrected chi connectivity index (χ0v) is 11.3. The first-order chi connectivity index (χ1) is 5.54. The van der Waals surface area contributed by atoms with Gasteiger partial charge in [-0.2, -0.15) is 0 Å². The second kappa shape index (κ2) is 36.2. The first kappa shape index (κ1) is 44.1. The van der Waals surface area contributed by atoms with E-state index in [4.69, 9.17) is 10.2 Å². The molecule has 17 heavy (non-hydrogen) atoms. The van der Waals surface area contributed by atoms with Gasteiger partial charge in [0.1, 0.15) is 12.8 Å². The van der Waals surface area contributed by atoms with Crippen LogP contribution in [0.15, 0.2) is 0 Å². The zero-order valence-electron chi connectivity index (χ0n) is 10.3. The maximum Gasteiger partial charge on any atom is 3.00 e. The third kappa shape index (κ3) is 96.6. The Bertz CT molecular complexity index is 133. The molecule has 0 saturated heterocycles. The summed E-state index contributed by atoms with van der Waals surface area (Å²) in [5.74, 6) is -0.921. The number of carbonyl (C=O) groups is 2. The van der Waals surface area contributed by atoms with Gasteiger partial charge in [-0.1, -0.05) is 13.8 Å². The van der Waals surface area contributed by atoms with Crippen molar-refractivity contribution in [1.82, 2.24) is 0 Å². The fourth-order valence-corrected chi connectivity index (χ4v) is 0.454. The SMILES string of the molecule is CCCC(=O)[OH2+].CCCC(=O)[OH2+].[Co+3].[NH2-].[NH2-].[NH2-].[NH2-]. The van der Waals surface area contributed by atoms with Crippen molar-refractivity contribution in [3.8, 4) is 0 Å². The van der Waals surface area contributed by atoms with E-state index < -0.39 is 11.9 Å². The maximum absolute atomic E-state index is 9.71. The van der Waals surface area contributed by atoms with Gasteiger partial charge in [0.05, 0.1) is 0 Å². The average molecular weight is 301 g/mol. The number of hydrogen-bond donors (Lipinski definition) is 0. The molecule has 9 heteroatoms. The van der Waals surface area contributed by atoms with Crippen LogP contribution in [0.5, 0.6) is 0 Å². The van der Waals surface area contributed by atoms with Crippen molar-refractivity contribution in [3.63, 3.8) is 0 Å². The van der Waals surface area contributed by atoms with Crippen LogP contribution in [-0.2, 0) is 26.4 Å². The van der Waals surface area contributed by atoms with Crippen molar-refractivity contribution in [2.45, 2.75) is 39.5 Å². The van der Waals surface area contributed by atoms with Crippen molar-refractivity contribution in [1.29, 1.82) is 0 Å². The molecular formula is C8H26CoN4O4+. The van der Waals surface area contributed by atoms with Crippen molar-refractivity contribution in [3.05, 3.63) is 24.6 Å². The van der Waals surface area contributed by atoms with E-state index in [0.29, 0.717) is 12.8 Å². The predicted octanol–water partition coefficient (Wildman–Crippen LogP) is 2.94. The van der Waals surface area contributed by atoms with Crippen molar-refractivity contribution in [2.75, 3.05) is 0 Å². The number of rotatable bonds is 4. The molecule has 0 saturated carbocycles. The van der Waals surface area contributed by atoms with Gasteiger partial charge in [-0.05, 0) is 12.8 Å². The standard InChI is InChI=1S/2C4H8O2.Co.4H2N/c2*1-2-3-4(5)6;;;;;/h2*2-3H2,1H3,(H,5,6);;4*1H2/q;;+3;4*-1/p+2. The van der Waals surface area contributed by atoms with Crippen LogP contribution in [0.1, 0.15) is 39.5 Å². The van der Waals surface area contributed by atoms with Crippen LogP contribution >= 0.6 is 0 Å². The average Bonchev–Trinajstić information content (AvgIpc) is 1.87. The second-order valence-electron chi connectivity index (χ2n) is 2.35. The first-order valence-electron chi connectivity index (χ1n) is 4.03. The Morgan fingerprint density at radius 2 is 0.941 bits per heavy atom. The van der Waals surface area contributed by atoms with Crippen molar-refractivity contribution < 1.29 is 36.6 Å². The van der Waals surface area contributed by atoms with Gasteiger partial charge in [0, 0.05) is 9.59 Å². The molecule has 0 heterocycles. The quantitative estimate of drug-likeness (QED) is 0.715. The summed E-state index contributed by atoms with van der Waals surface area (Å²) < 4.78 is 0. The largest absolute Gasteiger partial charge is 3.00 e. The third-order valence-electron chi connectivity index (χ3n) is 0.954. The van der Waals surface area contributed by atoms with E-state index in [1.807, 2.05) is 13.8 Å². The number of hydrogen-bond acceptors (Lipinski definition) is 2. The van der Waals surface area contributed by atoms with Crippen LogP contribution in [0.3, 0.4) is 0 Å². The van der Waals surface area contributed by atoms with Gasteiger partial charge in [-0.25, -0.2) is 0 Å². The molecule has 0 spiro atoms. The molecule has 0 aliphatic rings. The molecule has 0 atom stereocenters. The summed E-state index contributed by atoms with van der Waals surface area (Å²) >= 11 is 0. The molecule has 0 amide bonds. The summed E-state index contributed by atoms with van der Waals surface area (Å²) in [6.45, 7) is 3.76. The van der Waals surface area contributed by atoms with E-state index in [-0.39, 0.29) is 41.4 Å². The van der Waals surface area contributed by atoms with Crippen LogP contribution in [-0.4, -0.2) is 22.2 Å². The van der Waals surface area contributed by atoms with Gasteiger partial charge in [-0.15, -0.1) is 0 Å². The maximum atomic E-state index is 9.71. The van der Waals surface area contributed by atoms with Gasteiger partial charge in [-0.3, -0.25) is 0 Å². The Balaban J connectivity index is -0.0000000182. The molecule has 8 nitrogen and oxygen atoms in total. The van der Waals surface area contributed by atoms with Crippen molar-refractivity contribution in [2.24, 2.45) is 0 Å². The van der Waals surface area contributed by atoms with Crippen molar-refractivity contribution >= 4 is 11.9 Å². The van der Waals surface area contributed by atoms with Gasteiger partial charge in [0.2, 0.25) is 0 Å². The van der Waals surface area contributed by atoms with Crippen LogP contribution < -0.4 is 0 Å². The van der Waals surface area contributed by atoms with Gasteiger partial charge in [0.25, 0.3) is 0 Å². The third-order valence-corrected chi connectivity index (χ3v) is 0.954. The minimum atomic E-state index is -0.461. The molecule has 0 bridgehead atoms. The molecular weight excluding hydrogens is 275 g/mol. The molecule has 0 unspecified atom stereocenters. The molecule has 0 rings (SSSR count). The van der Waals surface area contributed by atoms with E-state index in [0.717, 1.165) is 12.8 Å². The molecule has 12 N–H and O–H groups in total. The molecule has 0 aromatic rings. The van der Waals surface area contributed by atoms with Crippen LogP contribution in [0.25, 0.3) is 24.6 Å². The Hall–Kier alpha value is -0.714. The van der Waals surface area contributed by atoms with E-state index in [2.05, 4.69) is 0 Å². The molecule has 0 aromatic heterocycles. The van der Waals surface area contributed by atoms with E-state index >= 15 is 0 Å². The van der Waals surface area contributed by atoms with E-state index in [1.165, 1.54) is 0 Å². The molecule has 0 fully saturated rings. The molecule has 110 valence electrons. The predicted molar refractivity (Wildman–Crippen MR) is 68.2 cm³/mol. The number of nitrogens with two attached hydrogens (primary N) is 4. The molecule has 0 aliphatic heterocycles. The summed E-state index contributed by atoms with van der Waals surface area (Å²) in [7, 11) is 0. The Morgan fingerprint density at radius 1 is 0.765 bits per heavy atom. The van der Waals surface area contributed by atoms with Gasteiger partial charge < -0.3 is 34.8 Å². The Kier molecular flexibility index (Phi) is 93.9. The monoisotopic (exact) mass is 301 g/mol. The van der Waals surface area contributed by atoms with Crippen LogP contribution in [0.2, 0.25) is 0 Å². The topological polar surface area (TPSA) is 214 Å². The first-order valence-corrected chi connectivity index (χ1v) is 4.03. The van der Waals surface area contributed by atoms with Crippen LogP contribution in [0.4, 0.5) is 0 Å². The van der Waals surface area contributed by atoms with E-state index in [9.17, 15) is 9.59 Å². The fourth-order valence-electron chi connectivity index (χ4n) is 0.454. The summed E-state index contributed by atoms with van der Waals surface area (Å²) in [6, 6.07) is 0. The smallest absolute Gasteiger partial charge is 0.693 e. The molecule has 0 radical (unpaired) electrons. The summed E-state index contributed by atoms with van der Waals surface area (Å²) in [4.78, 5) is 19.4. The summed E-state index contributed by atoms with van der Waals surface area (Å²) in [5.41, 5.74) is 0. The minimum absolute atomic E-state index is 0. The van der Waals surface area contributed by atoms with Gasteiger partial charge in [0.15, 0.2) is 0 Å². The zero-order chi connectivity index (χ0) is 9.98.